The van der Waals surface area contributed by atoms with Gasteiger partial charge in [0.2, 0.25) is 5.91 Å². The minimum absolute atomic E-state index is 0.0245. The molecule has 1 unspecified atom stereocenters. The van der Waals surface area contributed by atoms with Crippen LogP contribution in [0.5, 0.6) is 6.01 Å². The smallest absolute Gasteiger partial charge is 0.316 e. The van der Waals surface area contributed by atoms with Gasteiger partial charge in [-0.05, 0) is 32.1 Å². The molecule has 0 spiro atoms. The molecular formula is C15H20ClN3O3. The number of nitrogens with one attached hydrogen (secondary N) is 1. The Balaban J connectivity index is 1.42. The molecule has 6 nitrogen and oxygen atoms in total. The van der Waals surface area contributed by atoms with Gasteiger partial charge < -0.3 is 14.8 Å². The molecule has 22 heavy (non-hydrogen) atoms. The first-order chi connectivity index (χ1) is 10.7. The van der Waals surface area contributed by atoms with Crippen LogP contribution in [0, 0.1) is 5.92 Å². The molecule has 1 aromatic rings. The van der Waals surface area contributed by atoms with Crippen molar-refractivity contribution in [1.29, 1.82) is 0 Å². The first kappa shape index (κ1) is 15.5. The highest BCUT2D eigenvalue weighted by molar-refractivity contribution is 6.30. The van der Waals surface area contributed by atoms with Crippen LogP contribution in [0.1, 0.15) is 32.1 Å². The normalized spacial score (nSPS) is 28.3. The van der Waals surface area contributed by atoms with E-state index in [1.807, 2.05) is 0 Å². The van der Waals surface area contributed by atoms with E-state index >= 15 is 0 Å². The summed E-state index contributed by atoms with van der Waals surface area (Å²) in [7, 11) is 0. The molecule has 0 radical (unpaired) electrons. The molecule has 0 bridgehead atoms. The monoisotopic (exact) mass is 325 g/mol. The molecule has 1 aliphatic carbocycles. The fourth-order valence-electron chi connectivity index (χ4n) is 2.90. The Labute approximate surface area is 134 Å². The number of ether oxygens (including phenoxy) is 2. The molecular weight excluding hydrogens is 306 g/mol. The van der Waals surface area contributed by atoms with E-state index in [9.17, 15) is 4.79 Å². The molecule has 1 atom stereocenters. The minimum Gasteiger partial charge on any atom is -0.460 e. The van der Waals surface area contributed by atoms with E-state index in [1.54, 1.807) is 0 Å². The second-order valence-corrected chi connectivity index (χ2v) is 6.28. The highest BCUT2D eigenvalue weighted by Crippen LogP contribution is 2.23. The van der Waals surface area contributed by atoms with Crippen LogP contribution in [0.3, 0.4) is 0 Å². The summed E-state index contributed by atoms with van der Waals surface area (Å²) in [5, 5.41) is 3.62. The Bertz CT molecular complexity index is 497. The van der Waals surface area contributed by atoms with Gasteiger partial charge in [-0.15, -0.1) is 0 Å². The highest BCUT2D eigenvalue weighted by atomic mass is 35.5. The first-order valence-electron chi connectivity index (χ1n) is 7.73. The van der Waals surface area contributed by atoms with Crippen molar-refractivity contribution in [3.63, 3.8) is 0 Å². The second kappa shape index (κ2) is 7.24. The number of nitrogens with zero attached hydrogens (tertiary/aromatic N) is 2. The molecule has 1 saturated carbocycles. The van der Waals surface area contributed by atoms with Gasteiger partial charge in [0.25, 0.3) is 0 Å². The van der Waals surface area contributed by atoms with Crippen molar-refractivity contribution in [2.75, 3.05) is 13.2 Å². The van der Waals surface area contributed by atoms with Gasteiger partial charge in [0, 0.05) is 12.6 Å². The summed E-state index contributed by atoms with van der Waals surface area (Å²) in [6.45, 7) is 1.25. The van der Waals surface area contributed by atoms with Gasteiger partial charge in [-0.25, -0.2) is 9.97 Å². The van der Waals surface area contributed by atoms with Crippen molar-refractivity contribution in [1.82, 2.24) is 15.3 Å². The van der Waals surface area contributed by atoms with Crippen LogP contribution < -0.4 is 10.1 Å². The average Bonchev–Trinajstić information content (AvgIpc) is 3.06. The zero-order chi connectivity index (χ0) is 15.4. The molecule has 120 valence electrons. The third-order valence-electron chi connectivity index (χ3n) is 4.19. The fraction of sp³-hybridized carbons (Fsp3) is 0.667. The number of rotatable bonds is 4. The third kappa shape index (κ3) is 4.08. The van der Waals surface area contributed by atoms with Crippen molar-refractivity contribution in [3.05, 3.63) is 17.4 Å². The maximum atomic E-state index is 12.1. The quantitative estimate of drug-likeness (QED) is 0.916. The lowest BCUT2D eigenvalue weighted by Gasteiger charge is -2.29. The summed E-state index contributed by atoms with van der Waals surface area (Å²) in [5.74, 6) is 0.152. The second-order valence-electron chi connectivity index (χ2n) is 5.84. The molecule has 7 heteroatoms. The van der Waals surface area contributed by atoms with Gasteiger partial charge in [-0.3, -0.25) is 4.79 Å². The largest absolute Gasteiger partial charge is 0.460 e. The van der Waals surface area contributed by atoms with E-state index in [-0.39, 0.29) is 24.0 Å². The lowest BCUT2D eigenvalue weighted by atomic mass is 9.92. The summed E-state index contributed by atoms with van der Waals surface area (Å²) in [6, 6.07) is 0.596. The SMILES string of the molecule is O=C(NC1CCC(Oc2ncc(Cl)cn2)CC1)C1CCOC1. The van der Waals surface area contributed by atoms with Crippen LogP contribution >= 0.6 is 11.6 Å². The summed E-state index contributed by atoms with van der Waals surface area (Å²) in [5.41, 5.74) is 0. The van der Waals surface area contributed by atoms with E-state index in [0.717, 1.165) is 32.1 Å². The van der Waals surface area contributed by atoms with Crippen molar-refractivity contribution in [2.24, 2.45) is 5.92 Å². The average molecular weight is 326 g/mol. The predicted molar refractivity (Wildman–Crippen MR) is 80.8 cm³/mol. The van der Waals surface area contributed by atoms with Gasteiger partial charge in [-0.2, -0.15) is 0 Å². The van der Waals surface area contributed by atoms with Gasteiger partial charge in [-0.1, -0.05) is 11.6 Å². The number of halogens is 1. The lowest BCUT2D eigenvalue weighted by Crippen LogP contribution is -2.42. The zero-order valence-electron chi connectivity index (χ0n) is 12.3. The van der Waals surface area contributed by atoms with Crippen molar-refractivity contribution in [2.45, 2.75) is 44.2 Å². The van der Waals surface area contributed by atoms with Crippen molar-refractivity contribution >= 4 is 17.5 Å². The summed E-state index contributed by atoms with van der Waals surface area (Å²) < 4.78 is 11.0. The van der Waals surface area contributed by atoms with Gasteiger partial charge in [0.15, 0.2) is 0 Å². The fourth-order valence-corrected chi connectivity index (χ4v) is 2.99. The number of amides is 1. The maximum Gasteiger partial charge on any atom is 0.316 e. The summed E-state index contributed by atoms with van der Waals surface area (Å²) in [4.78, 5) is 20.1. The van der Waals surface area contributed by atoms with Gasteiger partial charge in [0.1, 0.15) is 6.10 Å². The van der Waals surface area contributed by atoms with Crippen LogP contribution in [0.25, 0.3) is 0 Å². The highest BCUT2D eigenvalue weighted by Gasteiger charge is 2.28. The molecule has 3 rings (SSSR count). The summed E-state index contributed by atoms with van der Waals surface area (Å²) in [6.07, 6.45) is 7.59. The standard InChI is InChI=1S/C15H20ClN3O3/c16-11-7-17-15(18-8-11)22-13-3-1-12(2-4-13)19-14(20)10-5-6-21-9-10/h7-8,10,12-13H,1-6,9H2,(H,19,20). The van der Waals surface area contributed by atoms with E-state index in [2.05, 4.69) is 15.3 Å². The maximum absolute atomic E-state index is 12.1. The molecule has 1 aromatic heterocycles. The van der Waals surface area contributed by atoms with E-state index in [4.69, 9.17) is 21.1 Å². The van der Waals surface area contributed by atoms with Crippen LogP contribution in [-0.4, -0.2) is 41.2 Å². The Morgan fingerprint density at radius 3 is 2.59 bits per heavy atom. The number of hydrogen-bond donors (Lipinski definition) is 1. The van der Waals surface area contributed by atoms with E-state index in [0.29, 0.717) is 24.2 Å². The zero-order valence-corrected chi connectivity index (χ0v) is 13.1. The topological polar surface area (TPSA) is 73.3 Å². The van der Waals surface area contributed by atoms with E-state index < -0.39 is 0 Å². The van der Waals surface area contributed by atoms with Crippen molar-refractivity contribution < 1.29 is 14.3 Å². The number of hydrogen-bond acceptors (Lipinski definition) is 5. The molecule has 1 aliphatic heterocycles. The molecule has 1 N–H and O–H groups in total. The van der Waals surface area contributed by atoms with Crippen molar-refractivity contribution in [3.8, 4) is 6.01 Å². The van der Waals surface area contributed by atoms with Gasteiger partial charge in [0.05, 0.1) is 29.9 Å². The van der Waals surface area contributed by atoms with Crippen LogP contribution in [-0.2, 0) is 9.53 Å². The number of carbonyl (C=O) groups excluding carboxylic acids is 1. The Kier molecular flexibility index (Phi) is 5.10. The van der Waals surface area contributed by atoms with Crippen LogP contribution in [0.4, 0.5) is 0 Å². The third-order valence-corrected chi connectivity index (χ3v) is 4.38. The summed E-state index contributed by atoms with van der Waals surface area (Å²) >= 11 is 5.75. The Morgan fingerprint density at radius 1 is 1.23 bits per heavy atom. The van der Waals surface area contributed by atoms with Crippen LogP contribution in [0.2, 0.25) is 5.02 Å². The van der Waals surface area contributed by atoms with E-state index in [1.165, 1.54) is 12.4 Å². The number of carbonyl (C=O) groups is 1. The number of aromatic nitrogens is 2. The van der Waals surface area contributed by atoms with Crippen LogP contribution in [0.15, 0.2) is 12.4 Å². The lowest BCUT2D eigenvalue weighted by molar-refractivity contribution is -0.126. The molecule has 2 fully saturated rings. The van der Waals surface area contributed by atoms with Gasteiger partial charge >= 0.3 is 6.01 Å². The Morgan fingerprint density at radius 2 is 1.95 bits per heavy atom. The first-order valence-corrected chi connectivity index (χ1v) is 8.11. The molecule has 2 aliphatic rings. The molecule has 1 amide bonds. The minimum atomic E-state index is 0.0245. The molecule has 1 saturated heterocycles. The molecule has 2 heterocycles. The predicted octanol–water partition coefficient (Wildman–Crippen LogP) is 1.97. The molecule has 0 aromatic carbocycles. The Hall–Kier alpha value is -1.40.